The highest BCUT2D eigenvalue weighted by Gasteiger charge is 2.33. The molecule has 1 aliphatic heterocycles. The second-order valence-corrected chi connectivity index (χ2v) is 8.06. The molecule has 0 saturated carbocycles. The van der Waals surface area contributed by atoms with Crippen LogP contribution < -0.4 is 10.6 Å². The number of hydrogen-bond donors (Lipinski definition) is 2. The molecular formula is C22H20FN3O3S. The summed E-state index contributed by atoms with van der Waals surface area (Å²) in [5.41, 5.74) is 1.55. The molecule has 8 heteroatoms. The van der Waals surface area contributed by atoms with Crippen molar-refractivity contribution < 1.29 is 18.7 Å². The minimum absolute atomic E-state index is 0.0493. The average molecular weight is 425 g/mol. The van der Waals surface area contributed by atoms with Gasteiger partial charge in [0.15, 0.2) is 10.8 Å². The van der Waals surface area contributed by atoms with E-state index in [1.165, 1.54) is 24.3 Å². The quantitative estimate of drug-likeness (QED) is 0.650. The molecule has 1 aromatic heterocycles. The van der Waals surface area contributed by atoms with Crippen molar-refractivity contribution in [2.24, 2.45) is 0 Å². The second kappa shape index (κ2) is 8.33. The Bertz CT molecular complexity index is 1080. The summed E-state index contributed by atoms with van der Waals surface area (Å²) in [6.07, 6.45) is 0. The number of amides is 2. The van der Waals surface area contributed by atoms with Crippen LogP contribution in [0.1, 0.15) is 28.4 Å². The van der Waals surface area contributed by atoms with Gasteiger partial charge in [0.05, 0.1) is 25.5 Å². The third-order valence-electron chi connectivity index (χ3n) is 4.79. The molecule has 3 aromatic rings. The minimum Gasteiger partial charge on any atom is -0.373 e. The molecule has 6 nitrogen and oxygen atoms in total. The van der Waals surface area contributed by atoms with E-state index in [9.17, 15) is 14.0 Å². The maximum Gasteiger partial charge on any atom is 0.251 e. The second-order valence-electron chi connectivity index (χ2n) is 7.20. The molecule has 0 radical (unpaired) electrons. The van der Waals surface area contributed by atoms with E-state index in [0.717, 1.165) is 16.8 Å². The molecule has 1 aliphatic rings. The van der Waals surface area contributed by atoms with Crippen molar-refractivity contribution in [1.82, 2.24) is 10.3 Å². The maximum atomic E-state index is 14.7. The molecule has 154 valence electrons. The predicted octanol–water partition coefficient (Wildman–Crippen LogP) is 3.89. The minimum atomic E-state index is -1.65. The number of fused-ring (bicyclic) bond motifs is 1. The van der Waals surface area contributed by atoms with Crippen LogP contribution in [0.2, 0.25) is 0 Å². The zero-order valence-electron chi connectivity index (χ0n) is 16.3. The van der Waals surface area contributed by atoms with Crippen LogP contribution in [-0.2, 0) is 21.8 Å². The topological polar surface area (TPSA) is 80.3 Å². The van der Waals surface area contributed by atoms with E-state index in [4.69, 9.17) is 4.74 Å². The third kappa shape index (κ3) is 4.39. The van der Waals surface area contributed by atoms with Crippen LogP contribution in [0.15, 0.2) is 53.9 Å². The number of nitrogens with zero attached hydrogens (tertiary/aromatic N) is 1. The SMILES string of the molecule is C[C@@]1(F)COCc2ccc(C(=O)NCC(=O)Nc3nc(-c4ccccc4)cs3)cc21. The third-order valence-corrected chi connectivity index (χ3v) is 5.55. The summed E-state index contributed by atoms with van der Waals surface area (Å²) < 4.78 is 19.9. The Morgan fingerprint density at radius 3 is 2.83 bits per heavy atom. The molecule has 30 heavy (non-hydrogen) atoms. The summed E-state index contributed by atoms with van der Waals surface area (Å²) in [5, 5.41) is 7.55. The van der Waals surface area contributed by atoms with Crippen LogP contribution in [0, 0.1) is 0 Å². The van der Waals surface area contributed by atoms with Crippen LogP contribution in [-0.4, -0.2) is 29.9 Å². The number of nitrogens with one attached hydrogen (secondary N) is 2. The van der Waals surface area contributed by atoms with Gasteiger partial charge in [-0.05, 0) is 30.2 Å². The van der Waals surface area contributed by atoms with Crippen molar-refractivity contribution in [1.29, 1.82) is 0 Å². The molecule has 4 rings (SSSR count). The van der Waals surface area contributed by atoms with Gasteiger partial charge in [-0.3, -0.25) is 9.59 Å². The van der Waals surface area contributed by atoms with Crippen molar-refractivity contribution in [3.63, 3.8) is 0 Å². The van der Waals surface area contributed by atoms with Crippen LogP contribution in [0.25, 0.3) is 11.3 Å². The number of halogens is 1. The summed E-state index contributed by atoms with van der Waals surface area (Å²) in [6, 6.07) is 14.4. The molecule has 0 spiro atoms. The highest BCUT2D eigenvalue weighted by atomic mass is 32.1. The van der Waals surface area contributed by atoms with E-state index in [-0.39, 0.29) is 19.1 Å². The molecule has 1 atom stereocenters. The largest absolute Gasteiger partial charge is 0.373 e. The fraction of sp³-hybridized carbons (Fsp3) is 0.227. The predicted molar refractivity (Wildman–Crippen MR) is 113 cm³/mol. The first-order chi connectivity index (χ1) is 14.4. The van der Waals surface area contributed by atoms with Crippen LogP contribution >= 0.6 is 11.3 Å². The Balaban J connectivity index is 1.35. The number of hydrogen-bond acceptors (Lipinski definition) is 5. The Hall–Kier alpha value is -3.10. The summed E-state index contributed by atoms with van der Waals surface area (Å²) in [5.74, 6) is -0.835. The number of carbonyl (C=O) groups is 2. The van der Waals surface area contributed by atoms with Crippen molar-refractivity contribution in [3.05, 3.63) is 70.6 Å². The molecule has 2 heterocycles. The molecule has 0 unspecified atom stereocenters. The molecule has 0 saturated heterocycles. The number of benzene rings is 2. The number of rotatable bonds is 5. The molecule has 0 aliphatic carbocycles. The fourth-order valence-corrected chi connectivity index (χ4v) is 3.99. The van der Waals surface area contributed by atoms with Gasteiger partial charge in [0.1, 0.15) is 0 Å². The summed E-state index contributed by atoms with van der Waals surface area (Å²) in [7, 11) is 0. The smallest absolute Gasteiger partial charge is 0.251 e. The lowest BCUT2D eigenvalue weighted by molar-refractivity contribution is -0.115. The van der Waals surface area contributed by atoms with E-state index in [1.54, 1.807) is 12.1 Å². The van der Waals surface area contributed by atoms with Gasteiger partial charge in [-0.15, -0.1) is 11.3 Å². The Kier molecular flexibility index (Phi) is 5.61. The monoisotopic (exact) mass is 425 g/mol. The number of ether oxygens (including phenoxy) is 1. The van der Waals surface area contributed by atoms with Gasteiger partial charge in [0.25, 0.3) is 5.91 Å². The number of anilines is 1. The van der Waals surface area contributed by atoms with Crippen LogP contribution in [0.5, 0.6) is 0 Å². The van der Waals surface area contributed by atoms with E-state index in [1.807, 2.05) is 35.7 Å². The molecule has 0 bridgehead atoms. The molecule has 2 amide bonds. The van der Waals surface area contributed by atoms with Gasteiger partial charge in [-0.1, -0.05) is 36.4 Å². The Labute approximate surface area is 177 Å². The van der Waals surface area contributed by atoms with Crippen molar-refractivity contribution in [2.45, 2.75) is 19.2 Å². The van der Waals surface area contributed by atoms with Crippen LogP contribution in [0.4, 0.5) is 9.52 Å². The van der Waals surface area contributed by atoms with Gasteiger partial charge in [0, 0.05) is 16.5 Å². The zero-order chi connectivity index (χ0) is 21.1. The first-order valence-corrected chi connectivity index (χ1v) is 10.3. The molecule has 2 N–H and O–H groups in total. The van der Waals surface area contributed by atoms with Gasteiger partial charge >= 0.3 is 0 Å². The van der Waals surface area contributed by atoms with Crippen LogP contribution in [0.3, 0.4) is 0 Å². The first-order valence-electron chi connectivity index (χ1n) is 9.41. The number of thiazole rings is 1. The fourth-order valence-electron chi connectivity index (χ4n) is 3.26. The van der Waals surface area contributed by atoms with Crippen molar-refractivity contribution in [3.8, 4) is 11.3 Å². The van der Waals surface area contributed by atoms with E-state index in [2.05, 4.69) is 15.6 Å². The average Bonchev–Trinajstić information content (AvgIpc) is 3.21. The lowest BCUT2D eigenvalue weighted by Crippen LogP contribution is -2.34. The van der Waals surface area contributed by atoms with E-state index in [0.29, 0.717) is 22.9 Å². The van der Waals surface area contributed by atoms with Gasteiger partial charge < -0.3 is 15.4 Å². The van der Waals surface area contributed by atoms with Gasteiger partial charge in [-0.2, -0.15) is 0 Å². The summed E-state index contributed by atoms with van der Waals surface area (Å²) >= 11 is 1.31. The zero-order valence-corrected chi connectivity index (χ0v) is 17.1. The number of alkyl halides is 1. The van der Waals surface area contributed by atoms with E-state index < -0.39 is 11.6 Å². The Morgan fingerprint density at radius 1 is 1.23 bits per heavy atom. The number of carbonyl (C=O) groups excluding carboxylic acids is 2. The maximum absolute atomic E-state index is 14.7. The summed E-state index contributed by atoms with van der Waals surface area (Å²) in [6.45, 7) is 1.48. The lowest BCUT2D eigenvalue weighted by Gasteiger charge is -2.29. The highest BCUT2D eigenvalue weighted by Crippen LogP contribution is 2.34. The van der Waals surface area contributed by atoms with E-state index >= 15 is 0 Å². The Morgan fingerprint density at radius 2 is 2.03 bits per heavy atom. The molecule has 0 fully saturated rings. The molecular weight excluding hydrogens is 405 g/mol. The van der Waals surface area contributed by atoms with Gasteiger partial charge in [-0.25, -0.2) is 9.37 Å². The molecule has 2 aromatic carbocycles. The first kappa shape index (κ1) is 20.2. The standard InChI is InChI=1S/C22H20FN3O3S/c1-22(23)13-29-11-16-8-7-15(9-17(16)22)20(28)24-10-19(27)26-21-25-18(12-30-21)14-5-3-2-4-6-14/h2-9,12H,10-11,13H2,1H3,(H,24,28)(H,25,26,27)/t22-/m1/s1. The van der Waals surface area contributed by atoms with Gasteiger partial charge in [0.2, 0.25) is 5.91 Å². The van der Waals surface area contributed by atoms with Crippen molar-refractivity contribution >= 4 is 28.3 Å². The highest BCUT2D eigenvalue weighted by molar-refractivity contribution is 7.14. The summed E-state index contributed by atoms with van der Waals surface area (Å²) in [4.78, 5) is 29.0. The van der Waals surface area contributed by atoms with Crippen molar-refractivity contribution in [2.75, 3.05) is 18.5 Å². The number of aromatic nitrogens is 1. The normalized spacial score (nSPS) is 17.8. The lowest BCUT2D eigenvalue weighted by atomic mass is 9.90.